The summed E-state index contributed by atoms with van der Waals surface area (Å²) in [5.74, 6) is 1.88. The molecule has 0 unspecified atom stereocenters. The zero-order chi connectivity index (χ0) is 57.8. The number of hydrogen-bond donors (Lipinski definition) is 0. The zero-order valence-corrected chi connectivity index (χ0v) is 47.7. The van der Waals surface area contributed by atoms with E-state index in [2.05, 4.69) is 334 Å². The third kappa shape index (κ3) is 7.62. The summed E-state index contributed by atoms with van der Waals surface area (Å²) in [6.07, 6.45) is 0. The molecule has 6 heteroatoms. The summed E-state index contributed by atoms with van der Waals surface area (Å²) in [5, 5.41) is 17.1. The van der Waals surface area contributed by atoms with Gasteiger partial charge in [0.05, 0.1) is 44.1 Å². The first-order chi connectivity index (χ1) is 43.7. The highest BCUT2D eigenvalue weighted by atomic mass is 15.1. The molecular weight excluding hydrogens is 1070 g/mol. The second kappa shape index (κ2) is 19.9. The van der Waals surface area contributed by atoms with Gasteiger partial charge in [-0.25, -0.2) is 9.97 Å². The largest absolute Gasteiger partial charge is 0.309 e. The molecule has 88 heavy (non-hydrogen) atoms. The topological polar surface area (TPSA) is 45.5 Å². The maximum Gasteiger partial charge on any atom is 0.145 e. The molecule has 4 heterocycles. The van der Waals surface area contributed by atoms with Crippen molar-refractivity contribution in [1.82, 2.24) is 28.2 Å². The van der Waals surface area contributed by atoms with Gasteiger partial charge in [-0.1, -0.05) is 237 Å². The van der Waals surface area contributed by atoms with E-state index in [0.29, 0.717) is 0 Å². The molecule has 4 aromatic heterocycles. The lowest BCUT2D eigenvalue weighted by Crippen LogP contribution is -2.00. The van der Waals surface area contributed by atoms with Gasteiger partial charge in [0.15, 0.2) is 0 Å². The summed E-state index contributed by atoms with van der Waals surface area (Å²) in [7, 11) is 0. The molecular formula is C82H52N6. The fourth-order valence-corrected chi connectivity index (χ4v) is 14.1. The molecule has 0 bridgehead atoms. The number of para-hydroxylation sites is 4. The summed E-state index contributed by atoms with van der Waals surface area (Å²) in [5.41, 5.74) is 15.8. The Hall–Kier alpha value is -11.9. The van der Waals surface area contributed by atoms with Gasteiger partial charge in [-0.15, -0.1) is 0 Å². The highest BCUT2D eigenvalue weighted by molar-refractivity contribution is 6.25. The normalized spacial score (nSPS) is 11.9. The van der Waals surface area contributed by atoms with Gasteiger partial charge in [-0.3, -0.25) is 9.13 Å². The molecule has 0 radical (unpaired) electrons. The summed E-state index contributed by atoms with van der Waals surface area (Å²) in [6, 6.07) is 113. The van der Waals surface area contributed by atoms with E-state index in [9.17, 15) is 0 Å². The molecule has 0 aliphatic carbocycles. The third-order valence-corrected chi connectivity index (χ3v) is 18.0. The van der Waals surface area contributed by atoms with Gasteiger partial charge in [0.1, 0.15) is 11.6 Å². The second-order valence-electron chi connectivity index (χ2n) is 22.8. The number of rotatable bonds is 6. The van der Waals surface area contributed by atoms with E-state index in [1.807, 2.05) is 0 Å². The van der Waals surface area contributed by atoms with Crippen molar-refractivity contribution >= 4 is 120 Å². The first kappa shape index (κ1) is 49.6. The maximum absolute atomic E-state index is 5.46. The van der Waals surface area contributed by atoms with E-state index in [0.717, 1.165) is 67.6 Å². The number of hydrogen-bond acceptors (Lipinski definition) is 2. The summed E-state index contributed by atoms with van der Waals surface area (Å²) < 4.78 is 9.44. The lowest BCUT2D eigenvalue weighted by Gasteiger charge is -2.14. The van der Waals surface area contributed by atoms with Gasteiger partial charge in [0.25, 0.3) is 0 Å². The highest BCUT2D eigenvalue weighted by Crippen LogP contribution is 2.43. The van der Waals surface area contributed by atoms with Crippen LogP contribution in [0.15, 0.2) is 315 Å². The first-order valence-electron chi connectivity index (χ1n) is 30.1. The molecule has 0 atom stereocenters. The lowest BCUT2D eigenvalue weighted by molar-refractivity contribution is 1.10. The molecule has 0 N–H and O–H groups in total. The minimum absolute atomic E-state index is 0.937. The minimum Gasteiger partial charge on any atom is -0.309 e. The van der Waals surface area contributed by atoms with E-state index < -0.39 is 0 Å². The Balaban J connectivity index is 0.000000132. The molecule has 0 spiro atoms. The predicted octanol–water partition coefficient (Wildman–Crippen LogP) is 21.3. The number of nitrogens with zero attached hydrogens (tertiary/aromatic N) is 6. The van der Waals surface area contributed by atoms with E-state index in [-0.39, 0.29) is 0 Å². The van der Waals surface area contributed by atoms with Crippen LogP contribution in [0.5, 0.6) is 0 Å². The summed E-state index contributed by atoms with van der Waals surface area (Å²) in [6.45, 7) is 0. The van der Waals surface area contributed by atoms with E-state index in [1.165, 1.54) is 97.5 Å². The summed E-state index contributed by atoms with van der Waals surface area (Å²) >= 11 is 0. The summed E-state index contributed by atoms with van der Waals surface area (Å²) in [4.78, 5) is 10.8. The Morgan fingerprint density at radius 2 is 0.489 bits per heavy atom. The Labute approximate surface area is 505 Å². The monoisotopic (exact) mass is 1120 g/mol. The van der Waals surface area contributed by atoms with Crippen LogP contribution in [0.2, 0.25) is 0 Å². The van der Waals surface area contributed by atoms with Gasteiger partial charge in [-0.05, 0) is 111 Å². The van der Waals surface area contributed by atoms with Gasteiger partial charge in [-0.2, -0.15) is 0 Å². The van der Waals surface area contributed by atoms with Gasteiger partial charge in [0, 0.05) is 77.0 Å². The molecule has 0 fully saturated rings. The van der Waals surface area contributed by atoms with Crippen molar-refractivity contribution in [2.24, 2.45) is 0 Å². The van der Waals surface area contributed by atoms with Crippen molar-refractivity contribution in [3.63, 3.8) is 0 Å². The van der Waals surface area contributed by atoms with Crippen LogP contribution in [0.1, 0.15) is 0 Å². The van der Waals surface area contributed by atoms with Crippen molar-refractivity contribution in [2.45, 2.75) is 0 Å². The highest BCUT2D eigenvalue weighted by Gasteiger charge is 2.23. The predicted molar refractivity (Wildman–Crippen MR) is 369 cm³/mol. The van der Waals surface area contributed by atoms with Crippen LogP contribution < -0.4 is 0 Å². The molecule has 0 aliphatic heterocycles. The lowest BCUT2D eigenvalue weighted by atomic mass is 10.00. The van der Waals surface area contributed by atoms with E-state index >= 15 is 0 Å². The first-order valence-corrected chi connectivity index (χ1v) is 30.1. The molecule has 19 rings (SSSR count). The quantitative estimate of drug-likeness (QED) is 0.156. The van der Waals surface area contributed by atoms with Crippen LogP contribution in [0.25, 0.3) is 165 Å². The fraction of sp³-hybridized carbons (Fsp3) is 0. The van der Waals surface area contributed by atoms with E-state index in [4.69, 9.17) is 9.97 Å². The SMILES string of the molecule is c1ccc(-c2nc3c4ccccc4c4ccccc4c3n2-c2ccc(-n3c4ccccc4c4ccccc43)cc2)cc1.c1ccc2cc(-c3nc4c5ccccc5c5ccccc5c4n3-c3ccc(-n4c5ccccc5c5ccccc54)cc3)ccc2c1. The number of aromatic nitrogens is 6. The Bertz CT molecular complexity index is 5880. The van der Waals surface area contributed by atoms with Crippen LogP contribution >= 0.6 is 0 Å². The van der Waals surface area contributed by atoms with Crippen molar-refractivity contribution in [3.05, 3.63) is 315 Å². The third-order valence-electron chi connectivity index (χ3n) is 18.0. The number of fused-ring (bicyclic) bond motifs is 19. The average molecular weight is 1120 g/mol. The maximum atomic E-state index is 5.46. The molecule has 19 aromatic rings. The number of benzene rings is 15. The van der Waals surface area contributed by atoms with Gasteiger partial charge >= 0.3 is 0 Å². The molecule has 410 valence electrons. The van der Waals surface area contributed by atoms with Crippen LogP contribution in [0, 0.1) is 0 Å². The zero-order valence-electron chi connectivity index (χ0n) is 47.7. The minimum atomic E-state index is 0.937. The van der Waals surface area contributed by atoms with Crippen LogP contribution in [0.3, 0.4) is 0 Å². The smallest absolute Gasteiger partial charge is 0.145 e. The molecule has 0 amide bonds. The molecule has 0 aliphatic rings. The molecule has 0 saturated heterocycles. The van der Waals surface area contributed by atoms with Gasteiger partial charge < -0.3 is 9.13 Å². The molecule has 15 aromatic carbocycles. The number of imidazole rings is 2. The van der Waals surface area contributed by atoms with Crippen LogP contribution in [-0.4, -0.2) is 28.2 Å². The van der Waals surface area contributed by atoms with Crippen LogP contribution in [0.4, 0.5) is 0 Å². The molecule has 0 saturated carbocycles. The Morgan fingerprint density at radius 1 is 0.193 bits per heavy atom. The average Bonchev–Trinajstić information content (AvgIpc) is 1.62. The standard InChI is InChI=1S/C43H27N3.C39H25N3/c1-2-12-29-27-30(22-21-28(29)11-1)43-44-41-37-17-5-3-13-33(37)34-14-4-6-18-38(34)42(41)46(43)32-25-23-31(24-26-32)45-39-19-9-7-15-35(39)36-16-8-10-20-40(36)45;1-2-12-26(13-3-1)39-40-37-33-18-6-4-14-29(33)30-15-5-7-19-34(30)38(37)42(39)28-24-22-27(23-25-28)41-35-20-10-8-16-31(35)32-17-9-11-21-36(32)41/h1-27H;1-25H. The van der Waals surface area contributed by atoms with Crippen molar-refractivity contribution in [1.29, 1.82) is 0 Å². The fourth-order valence-electron chi connectivity index (χ4n) is 14.1. The van der Waals surface area contributed by atoms with E-state index in [1.54, 1.807) is 0 Å². The van der Waals surface area contributed by atoms with Crippen molar-refractivity contribution in [3.8, 4) is 45.5 Å². The van der Waals surface area contributed by atoms with Crippen LogP contribution in [-0.2, 0) is 0 Å². The van der Waals surface area contributed by atoms with Crippen molar-refractivity contribution in [2.75, 3.05) is 0 Å². The second-order valence-corrected chi connectivity index (χ2v) is 22.8. The van der Waals surface area contributed by atoms with Crippen molar-refractivity contribution < 1.29 is 0 Å². The molecule has 6 nitrogen and oxygen atoms in total. The Morgan fingerprint density at radius 3 is 0.898 bits per heavy atom. The van der Waals surface area contributed by atoms with Gasteiger partial charge in [0.2, 0.25) is 0 Å². The Kier molecular flexibility index (Phi) is 11.2.